The summed E-state index contributed by atoms with van der Waals surface area (Å²) >= 11 is 7.14. The minimum atomic E-state index is -0.327. The van der Waals surface area contributed by atoms with E-state index in [0.717, 1.165) is 28.6 Å². The van der Waals surface area contributed by atoms with E-state index in [2.05, 4.69) is 37.9 Å². The molecule has 1 aliphatic carbocycles. The number of carbonyl (C=O) groups excluding carboxylic acids is 2. The normalized spacial score (nSPS) is 29.7. The number of fused-ring (bicyclic) bond motifs is 3. The minimum absolute atomic E-state index is 0.0187. The number of nitrogens with zero attached hydrogens (tertiary/aromatic N) is 1. The van der Waals surface area contributed by atoms with E-state index >= 15 is 0 Å². The van der Waals surface area contributed by atoms with Gasteiger partial charge in [-0.15, -0.1) is 0 Å². The van der Waals surface area contributed by atoms with E-state index < -0.39 is 0 Å². The fourth-order valence-corrected chi connectivity index (χ4v) is 4.76. The number of rotatable bonds is 1. The average molecular weight is 431 g/mol. The van der Waals surface area contributed by atoms with Crippen LogP contribution in [-0.4, -0.2) is 28.8 Å². The van der Waals surface area contributed by atoms with Crippen molar-refractivity contribution < 1.29 is 14.3 Å². The molecule has 6 heteroatoms. The second kappa shape index (κ2) is 5.96. The Balaban J connectivity index is 2.08. The van der Waals surface area contributed by atoms with E-state index in [0.29, 0.717) is 0 Å². The molecule has 1 heterocycles. The number of anilines is 1. The zero-order chi connectivity index (χ0) is 16.0. The van der Waals surface area contributed by atoms with Gasteiger partial charge in [0.2, 0.25) is 5.91 Å². The first-order valence-electron chi connectivity index (χ1n) is 7.30. The second-order valence-corrected chi connectivity index (χ2v) is 7.95. The molecule has 4 atom stereocenters. The molecule has 118 valence electrons. The third-order valence-corrected chi connectivity index (χ3v) is 5.92. The molecule has 1 saturated carbocycles. The molecule has 1 aromatic rings. The smallest absolute Gasteiger partial charge is 0.303 e. The van der Waals surface area contributed by atoms with Gasteiger partial charge in [0.05, 0.1) is 10.9 Å². The highest BCUT2D eigenvalue weighted by atomic mass is 79.9. The standard InChI is InChI=1S/C16H17Br2NO3/c1-8(20)19-14-6-3-10(17)7-12(14)11-4-5-13(18)16(15(11)19)22-9(2)21/h3,6-7,11,13,15-16H,4-5H2,1-2H3. The molecule has 1 fully saturated rings. The van der Waals surface area contributed by atoms with Crippen molar-refractivity contribution in [1.29, 1.82) is 0 Å². The summed E-state index contributed by atoms with van der Waals surface area (Å²) < 4.78 is 6.57. The molecule has 1 aliphatic heterocycles. The zero-order valence-corrected chi connectivity index (χ0v) is 15.6. The molecule has 4 unspecified atom stereocenters. The number of benzene rings is 1. The van der Waals surface area contributed by atoms with E-state index in [-0.39, 0.29) is 34.8 Å². The maximum absolute atomic E-state index is 12.2. The highest BCUT2D eigenvalue weighted by Gasteiger charge is 2.50. The van der Waals surface area contributed by atoms with Gasteiger partial charge < -0.3 is 9.64 Å². The lowest BCUT2D eigenvalue weighted by Crippen LogP contribution is -2.53. The maximum Gasteiger partial charge on any atom is 0.303 e. The lowest BCUT2D eigenvalue weighted by Gasteiger charge is -2.40. The van der Waals surface area contributed by atoms with Crippen molar-refractivity contribution in [1.82, 2.24) is 0 Å². The topological polar surface area (TPSA) is 46.6 Å². The molecule has 3 rings (SSSR count). The van der Waals surface area contributed by atoms with Gasteiger partial charge in [0.25, 0.3) is 0 Å². The summed E-state index contributed by atoms with van der Waals surface area (Å²) in [5.74, 6) is -0.125. The lowest BCUT2D eigenvalue weighted by atomic mass is 9.80. The fourth-order valence-electron chi connectivity index (χ4n) is 3.70. The first-order valence-corrected chi connectivity index (χ1v) is 9.01. The van der Waals surface area contributed by atoms with Crippen LogP contribution < -0.4 is 4.90 Å². The largest absolute Gasteiger partial charge is 0.459 e. The Labute approximate surface area is 146 Å². The second-order valence-electron chi connectivity index (χ2n) is 5.86. The molecule has 0 aromatic heterocycles. The van der Waals surface area contributed by atoms with Crippen LogP contribution >= 0.6 is 31.9 Å². The Morgan fingerprint density at radius 2 is 2.00 bits per heavy atom. The summed E-state index contributed by atoms with van der Waals surface area (Å²) in [6.45, 7) is 2.98. The number of carbonyl (C=O) groups is 2. The molecular weight excluding hydrogens is 414 g/mol. The van der Waals surface area contributed by atoms with Gasteiger partial charge >= 0.3 is 5.97 Å². The summed E-state index contributed by atoms with van der Waals surface area (Å²) in [4.78, 5) is 25.6. The molecule has 0 radical (unpaired) electrons. The zero-order valence-electron chi connectivity index (χ0n) is 12.4. The van der Waals surface area contributed by atoms with Gasteiger partial charge in [-0.05, 0) is 36.6 Å². The predicted molar refractivity (Wildman–Crippen MR) is 91.3 cm³/mol. The van der Waals surface area contributed by atoms with Crippen molar-refractivity contribution in [3.05, 3.63) is 28.2 Å². The number of amides is 1. The minimum Gasteiger partial charge on any atom is -0.459 e. The van der Waals surface area contributed by atoms with Crippen LogP contribution in [0.5, 0.6) is 0 Å². The predicted octanol–water partition coefficient (Wildman–Crippen LogP) is 3.76. The Hall–Kier alpha value is -0.880. The van der Waals surface area contributed by atoms with Gasteiger partial charge in [0.1, 0.15) is 6.10 Å². The van der Waals surface area contributed by atoms with Crippen molar-refractivity contribution in [2.24, 2.45) is 0 Å². The van der Waals surface area contributed by atoms with Crippen LogP contribution in [-0.2, 0) is 14.3 Å². The molecule has 0 N–H and O–H groups in total. The van der Waals surface area contributed by atoms with E-state index in [1.807, 2.05) is 12.1 Å². The van der Waals surface area contributed by atoms with E-state index in [1.165, 1.54) is 6.92 Å². The molecule has 22 heavy (non-hydrogen) atoms. The molecule has 1 amide bonds. The molecular formula is C16H17Br2NO3. The van der Waals surface area contributed by atoms with Crippen molar-refractivity contribution >= 4 is 49.4 Å². The highest BCUT2D eigenvalue weighted by Crippen LogP contribution is 2.50. The summed E-state index contributed by atoms with van der Waals surface area (Å²) in [7, 11) is 0. The molecule has 2 aliphatic rings. The van der Waals surface area contributed by atoms with Gasteiger partial charge in [-0.2, -0.15) is 0 Å². The van der Waals surface area contributed by atoms with Crippen LogP contribution in [0.1, 0.15) is 38.2 Å². The van der Waals surface area contributed by atoms with Crippen LogP contribution in [0.4, 0.5) is 5.69 Å². The summed E-state index contributed by atoms with van der Waals surface area (Å²) in [5.41, 5.74) is 2.09. The Morgan fingerprint density at radius 3 is 2.64 bits per heavy atom. The van der Waals surface area contributed by atoms with Gasteiger partial charge in [0, 0.05) is 29.9 Å². The average Bonchev–Trinajstić information content (AvgIpc) is 2.75. The Bertz CT molecular complexity index is 634. The van der Waals surface area contributed by atoms with Crippen molar-refractivity contribution in [2.75, 3.05) is 4.90 Å². The molecule has 0 saturated heterocycles. The van der Waals surface area contributed by atoms with Crippen LogP contribution in [0.15, 0.2) is 22.7 Å². The van der Waals surface area contributed by atoms with Gasteiger partial charge in [-0.1, -0.05) is 31.9 Å². The highest BCUT2D eigenvalue weighted by molar-refractivity contribution is 9.10. The maximum atomic E-state index is 12.2. The Morgan fingerprint density at radius 1 is 1.27 bits per heavy atom. The lowest BCUT2D eigenvalue weighted by molar-refractivity contribution is -0.149. The molecule has 0 spiro atoms. The van der Waals surface area contributed by atoms with Crippen molar-refractivity contribution in [3.63, 3.8) is 0 Å². The monoisotopic (exact) mass is 429 g/mol. The summed E-state index contributed by atoms with van der Waals surface area (Å²) in [6.07, 6.45) is 1.55. The SMILES string of the molecule is CC(=O)OC1C(Br)CCC2c3cc(Br)ccc3N(C(C)=O)C21. The third-order valence-electron chi connectivity index (χ3n) is 4.45. The van der Waals surface area contributed by atoms with Gasteiger partial charge in [-0.3, -0.25) is 9.59 Å². The van der Waals surface area contributed by atoms with Gasteiger partial charge in [0.15, 0.2) is 0 Å². The summed E-state index contributed by atoms with van der Waals surface area (Å²) in [5, 5.41) is 0. The number of halogens is 2. The first kappa shape index (κ1) is 16.0. The van der Waals surface area contributed by atoms with Gasteiger partial charge in [-0.25, -0.2) is 0 Å². The number of alkyl halides is 1. The quantitative estimate of drug-likeness (QED) is 0.503. The van der Waals surface area contributed by atoms with Crippen LogP contribution in [0.25, 0.3) is 0 Å². The fraction of sp³-hybridized carbons (Fsp3) is 0.500. The molecule has 0 bridgehead atoms. The third kappa shape index (κ3) is 2.60. The Kier molecular flexibility index (Phi) is 4.34. The number of hydrogen-bond donors (Lipinski definition) is 0. The van der Waals surface area contributed by atoms with Crippen molar-refractivity contribution in [3.8, 4) is 0 Å². The van der Waals surface area contributed by atoms with E-state index in [9.17, 15) is 9.59 Å². The van der Waals surface area contributed by atoms with E-state index in [4.69, 9.17) is 4.74 Å². The molecule has 1 aromatic carbocycles. The van der Waals surface area contributed by atoms with E-state index in [1.54, 1.807) is 11.8 Å². The van der Waals surface area contributed by atoms with Crippen LogP contribution in [0.3, 0.4) is 0 Å². The number of ether oxygens (including phenoxy) is 1. The van der Waals surface area contributed by atoms with Crippen LogP contribution in [0, 0.1) is 0 Å². The first-order chi connectivity index (χ1) is 10.4. The number of hydrogen-bond acceptors (Lipinski definition) is 3. The summed E-state index contributed by atoms with van der Waals surface area (Å²) in [6, 6.07) is 5.85. The number of esters is 1. The van der Waals surface area contributed by atoms with Crippen LogP contribution in [0.2, 0.25) is 0 Å². The van der Waals surface area contributed by atoms with Crippen molar-refractivity contribution in [2.45, 2.75) is 49.6 Å². The molecule has 4 nitrogen and oxygen atoms in total.